The number of aromatic nitrogens is 2. The normalized spacial score (nSPS) is 10.3. The summed E-state index contributed by atoms with van der Waals surface area (Å²) >= 11 is 3.34. The van der Waals surface area contributed by atoms with Crippen molar-refractivity contribution >= 4 is 27.5 Å². The summed E-state index contributed by atoms with van der Waals surface area (Å²) < 4.78 is 2.40. The Kier molecular flexibility index (Phi) is 2.66. The fourth-order valence-electron chi connectivity index (χ4n) is 1.30. The van der Waals surface area contributed by atoms with Gasteiger partial charge >= 0.3 is 0 Å². The molecule has 0 saturated heterocycles. The smallest absolute Gasteiger partial charge is 0.251 e. The van der Waals surface area contributed by atoms with Crippen molar-refractivity contribution in [2.45, 2.75) is 0 Å². The van der Waals surface area contributed by atoms with Gasteiger partial charge in [-0.15, -0.1) is 0 Å². The Bertz CT molecular complexity index is 550. The zero-order chi connectivity index (χ0) is 11.7. The van der Waals surface area contributed by atoms with Crippen LogP contribution < -0.4 is 11.5 Å². The first-order valence-corrected chi connectivity index (χ1v) is 5.27. The van der Waals surface area contributed by atoms with E-state index in [1.165, 1.54) is 10.9 Å². The fourth-order valence-corrected chi connectivity index (χ4v) is 1.65. The lowest BCUT2D eigenvalue weighted by Crippen LogP contribution is -2.09. The predicted octanol–water partition coefficient (Wildman–Crippen LogP) is 1.32. The van der Waals surface area contributed by atoms with Gasteiger partial charge in [0, 0.05) is 10.7 Å². The zero-order valence-corrected chi connectivity index (χ0v) is 9.81. The summed E-state index contributed by atoms with van der Waals surface area (Å²) in [4.78, 5) is 10.9. The van der Waals surface area contributed by atoms with Crippen LogP contribution >= 0.6 is 15.9 Å². The van der Waals surface area contributed by atoms with Crippen LogP contribution in [-0.2, 0) is 0 Å². The second kappa shape index (κ2) is 3.97. The lowest BCUT2D eigenvalue weighted by Gasteiger charge is -2.05. The van der Waals surface area contributed by atoms with Gasteiger partial charge in [-0.3, -0.25) is 4.79 Å². The van der Waals surface area contributed by atoms with Gasteiger partial charge < -0.3 is 11.5 Å². The molecule has 16 heavy (non-hydrogen) atoms. The highest BCUT2D eigenvalue weighted by atomic mass is 79.9. The first-order valence-electron chi connectivity index (χ1n) is 4.48. The third-order valence-electron chi connectivity index (χ3n) is 2.11. The summed E-state index contributed by atoms with van der Waals surface area (Å²) in [7, 11) is 0. The Hall–Kier alpha value is -1.82. The number of halogens is 1. The second-order valence-corrected chi connectivity index (χ2v) is 4.16. The second-order valence-electron chi connectivity index (χ2n) is 3.24. The molecule has 0 atom stereocenters. The monoisotopic (exact) mass is 280 g/mol. The number of nitrogens with two attached hydrogens (primary N) is 2. The van der Waals surface area contributed by atoms with Gasteiger partial charge in [0.25, 0.3) is 5.91 Å². The summed E-state index contributed by atoms with van der Waals surface area (Å²) in [6.45, 7) is 0. The maximum atomic E-state index is 10.9. The van der Waals surface area contributed by atoms with Crippen LogP contribution in [0.25, 0.3) is 5.69 Å². The summed E-state index contributed by atoms with van der Waals surface area (Å²) in [5.41, 5.74) is 12.6. The third kappa shape index (κ3) is 1.92. The van der Waals surface area contributed by atoms with Crippen molar-refractivity contribution in [3.05, 3.63) is 40.6 Å². The fraction of sp³-hybridized carbons (Fsp3) is 0. The number of hydrogen-bond acceptors (Lipinski definition) is 3. The van der Waals surface area contributed by atoms with E-state index in [0.29, 0.717) is 16.9 Å². The number of nitrogen functional groups attached to an aromatic ring is 1. The SMILES string of the molecule is NC(=O)c1cnn(-c2cc(Br)ccc2N)c1. The number of carbonyl (C=O) groups is 1. The highest BCUT2D eigenvalue weighted by molar-refractivity contribution is 9.10. The molecule has 82 valence electrons. The standard InChI is InChI=1S/C10H9BrN4O/c11-7-1-2-8(12)9(3-7)15-5-6(4-14-15)10(13)16/h1-5H,12H2,(H2,13,16). The average molecular weight is 281 g/mol. The Morgan fingerprint density at radius 3 is 2.81 bits per heavy atom. The molecule has 0 spiro atoms. The third-order valence-corrected chi connectivity index (χ3v) is 2.60. The van der Waals surface area contributed by atoms with Crippen molar-refractivity contribution in [2.75, 3.05) is 5.73 Å². The average Bonchev–Trinajstić information content (AvgIpc) is 2.70. The first kappa shape index (κ1) is 10.7. The van der Waals surface area contributed by atoms with E-state index < -0.39 is 5.91 Å². The molecule has 0 aliphatic rings. The molecule has 0 unspecified atom stereocenters. The molecular weight excluding hydrogens is 272 g/mol. The molecule has 4 N–H and O–H groups in total. The molecule has 0 saturated carbocycles. The van der Waals surface area contributed by atoms with Crippen molar-refractivity contribution in [3.63, 3.8) is 0 Å². The van der Waals surface area contributed by atoms with Crippen LogP contribution in [0.3, 0.4) is 0 Å². The maximum absolute atomic E-state index is 10.9. The summed E-state index contributed by atoms with van der Waals surface area (Å²) in [5.74, 6) is -0.514. The number of anilines is 1. The quantitative estimate of drug-likeness (QED) is 0.814. The lowest BCUT2D eigenvalue weighted by molar-refractivity contribution is 0.100. The number of rotatable bonds is 2. The summed E-state index contributed by atoms with van der Waals surface area (Å²) in [6.07, 6.45) is 2.95. The van der Waals surface area contributed by atoms with E-state index >= 15 is 0 Å². The minimum atomic E-state index is -0.514. The number of benzene rings is 1. The van der Waals surface area contributed by atoms with Crippen LogP contribution in [-0.4, -0.2) is 15.7 Å². The lowest BCUT2D eigenvalue weighted by atomic mass is 10.3. The Morgan fingerprint density at radius 2 is 2.19 bits per heavy atom. The van der Waals surface area contributed by atoms with Gasteiger partial charge in [-0.25, -0.2) is 4.68 Å². The molecular formula is C10H9BrN4O. The molecule has 0 radical (unpaired) electrons. The number of nitrogens with zero attached hydrogens (tertiary/aromatic N) is 2. The van der Waals surface area contributed by atoms with Crippen LogP contribution in [0.15, 0.2) is 35.1 Å². The van der Waals surface area contributed by atoms with Crippen LogP contribution in [0.1, 0.15) is 10.4 Å². The highest BCUT2D eigenvalue weighted by Gasteiger charge is 2.07. The largest absolute Gasteiger partial charge is 0.397 e. The predicted molar refractivity (Wildman–Crippen MR) is 64.2 cm³/mol. The van der Waals surface area contributed by atoms with Crippen molar-refractivity contribution < 1.29 is 4.79 Å². The molecule has 2 aromatic rings. The molecule has 0 aliphatic carbocycles. The van der Waals surface area contributed by atoms with E-state index in [-0.39, 0.29) is 0 Å². The van der Waals surface area contributed by atoms with Crippen LogP contribution in [0, 0.1) is 0 Å². The van der Waals surface area contributed by atoms with Crippen LogP contribution in [0.4, 0.5) is 5.69 Å². The molecule has 5 nitrogen and oxygen atoms in total. The highest BCUT2D eigenvalue weighted by Crippen LogP contribution is 2.21. The molecule has 1 heterocycles. The Labute approximate surface area is 100 Å². The molecule has 0 aliphatic heterocycles. The molecule has 2 rings (SSSR count). The zero-order valence-electron chi connectivity index (χ0n) is 8.22. The number of carbonyl (C=O) groups excluding carboxylic acids is 1. The van der Waals surface area contributed by atoms with Gasteiger partial charge in [0.1, 0.15) is 0 Å². The van der Waals surface area contributed by atoms with E-state index in [2.05, 4.69) is 21.0 Å². The van der Waals surface area contributed by atoms with Gasteiger partial charge in [-0.05, 0) is 18.2 Å². The van der Waals surface area contributed by atoms with E-state index in [0.717, 1.165) is 4.47 Å². The molecule has 1 aromatic heterocycles. The number of amides is 1. The van der Waals surface area contributed by atoms with Crippen molar-refractivity contribution in [2.24, 2.45) is 5.73 Å². The summed E-state index contributed by atoms with van der Waals surface area (Å²) in [6, 6.07) is 5.40. The minimum absolute atomic E-state index is 0.347. The van der Waals surface area contributed by atoms with E-state index in [4.69, 9.17) is 11.5 Å². The topological polar surface area (TPSA) is 86.9 Å². The molecule has 1 amide bonds. The Morgan fingerprint density at radius 1 is 1.44 bits per heavy atom. The molecule has 0 fully saturated rings. The van der Waals surface area contributed by atoms with Crippen molar-refractivity contribution in [1.82, 2.24) is 9.78 Å². The molecule has 0 bridgehead atoms. The van der Waals surface area contributed by atoms with E-state index in [9.17, 15) is 4.79 Å². The number of hydrogen-bond donors (Lipinski definition) is 2. The van der Waals surface area contributed by atoms with Gasteiger partial charge in [0.05, 0.1) is 23.1 Å². The molecule has 6 heteroatoms. The van der Waals surface area contributed by atoms with Gasteiger partial charge in [-0.1, -0.05) is 15.9 Å². The number of primary amides is 1. The maximum Gasteiger partial charge on any atom is 0.251 e. The van der Waals surface area contributed by atoms with Crippen LogP contribution in [0.5, 0.6) is 0 Å². The van der Waals surface area contributed by atoms with Gasteiger partial charge in [0.15, 0.2) is 0 Å². The summed E-state index contributed by atoms with van der Waals surface area (Å²) in [5, 5.41) is 4.02. The molecule has 1 aromatic carbocycles. The van der Waals surface area contributed by atoms with Crippen molar-refractivity contribution in [1.29, 1.82) is 0 Å². The van der Waals surface area contributed by atoms with Gasteiger partial charge in [-0.2, -0.15) is 5.10 Å². The van der Waals surface area contributed by atoms with E-state index in [1.807, 2.05) is 12.1 Å². The first-order chi connectivity index (χ1) is 7.58. The van der Waals surface area contributed by atoms with Gasteiger partial charge in [0.2, 0.25) is 0 Å². The Balaban J connectivity index is 2.50. The van der Waals surface area contributed by atoms with Crippen LogP contribution in [0.2, 0.25) is 0 Å². The van der Waals surface area contributed by atoms with Crippen molar-refractivity contribution in [3.8, 4) is 5.69 Å². The minimum Gasteiger partial charge on any atom is -0.397 e. The van der Waals surface area contributed by atoms with E-state index in [1.54, 1.807) is 12.3 Å².